The number of nitrogens with zero attached hydrogens (tertiary/aromatic N) is 6. The third kappa shape index (κ3) is 3.77. The van der Waals surface area contributed by atoms with Gasteiger partial charge < -0.3 is 18.9 Å². The molecule has 3 aromatic rings. The molecule has 0 N–H and O–H groups in total. The topological polar surface area (TPSA) is 95.3 Å². The highest BCUT2D eigenvalue weighted by atomic mass is 19.4. The van der Waals surface area contributed by atoms with E-state index in [-0.39, 0.29) is 42.5 Å². The second kappa shape index (κ2) is 7.76. The summed E-state index contributed by atoms with van der Waals surface area (Å²) in [4.78, 5) is 22.7. The van der Waals surface area contributed by atoms with Gasteiger partial charge in [0.2, 0.25) is 0 Å². The van der Waals surface area contributed by atoms with Crippen LogP contribution in [0.25, 0.3) is 11.5 Å². The van der Waals surface area contributed by atoms with Crippen molar-refractivity contribution in [3.05, 3.63) is 53.5 Å². The van der Waals surface area contributed by atoms with Gasteiger partial charge in [-0.05, 0) is 19.1 Å². The molecular weight excluding hydrogens is 448 g/mol. The monoisotopic (exact) mass is 464 g/mol. The van der Waals surface area contributed by atoms with Gasteiger partial charge >= 0.3 is 6.36 Å². The van der Waals surface area contributed by atoms with Gasteiger partial charge in [-0.15, -0.1) is 23.4 Å². The summed E-state index contributed by atoms with van der Waals surface area (Å²) < 4.78 is 63.6. The van der Waals surface area contributed by atoms with E-state index in [2.05, 4.69) is 24.9 Å². The van der Waals surface area contributed by atoms with E-state index < -0.39 is 35.9 Å². The molecule has 5 rings (SSSR count). The lowest BCUT2D eigenvalue weighted by Gasteiger charge is -2.45. The van der Waals surface area contributed by atoms with E-state index in [0.29, 0.717) is 5.82 Å². The zero-order chi connectivity index (χ0) is 23.3. The fraction of sp³-hybridized carbons (Fsp3) is 0.350. The van der Waals surface area contributed by atoms with Crippen LogP contribution in [-0.2, 0) is 11.3 Å². The van der Waals surface area contributed by atoms with Crippen LogP contribution >= 0.6 is 0 Å². The number of pyridine rings is 2. The van der Waals surface area contributed by atoms with Gasteiger partial charge in [-0.25, -0.2) is 4.39 Å². The summed E-state index contributed by atoms with van der Waals surface area (Å²) >= 11 is 0. The molecule has 1 amide bonds. The third-order valence-electron chi connectivity index (χ3n) is 5.51. The van der Waals surface area contributed by atoms with Crippen LogP contribution in [-0.4, -0.2) is 61.2 Å². The molecular formula is C20H16F4N6O3. The Balaban J connectivity index is 1.51. The predicted octanol–water partition coefficient (Wildman–Crippen LogP) is 2.68. The maximum Gasteiger partial charge on any atom is 0.573 e. The summed E-state index contributed by atoms with van der Waals surface area (Å²) in [6.45, 7) is 1.96. The van der Waals surface area contributed by atoms with Gasteiger partial charge in [0.25, 0.3) is 5.91 Å². The number of morpholine rings is 1. The Kier molecular flexibility index (Phi) is 5.00. The van der Waals surface area contributed by atoms with Crippen molar-refractivity contribution in [2.45, 2.75) is 31.9 Å². The maximum atomic E-state index is 14.6. The van der Waals surface area contributed by atoms with Crippen LogP contribution in [0.2, 0.25) is 0 Å². The summed E-state index contributed by atoms with van der Waals surface area (Å²) in [7, 11) is 0. The number of aromatic nitrogens is 5. The fourth-order valence-corrected chi connectivity index (χ4v) is 4.10. The number of ether oxygens (including phenoxy) is 2. The van der Waals surface area contributed by atoms with Crippen LogP contribution < -0.4 is 4.74 Å². The van der Waals surface area contributed by atoms with E-state index >= 15 is 0 Å². The van der Waals surface area contributed by atoms with Crippen molar-refractivity contribution in [1.82, 2.24) is 29.6 Å². The number of hydrogen-bond acceptors (Lipinski definition) is 7. The van der Waals surface area contributed by atoms with Crippen LogP contribution in [0.15, 0.2) is 30.6 Å². The van der Waals surface area contributed by atoms with Crippen LogP contribution in [0, 0.1) is 12.7 Å². The summed E-state index contributed by atoms with van der Waals surface area (Å²) in [5.74, 6) is -1.06. The Hall–Kier alpha value is -3.61. The molecule has 2 atom stereocenters. The summed E-state index contributed by atoms with van der Waals surface area (Å²) in [5.41, 5.74) is 0.132. The summed E-state index contributed by atoms with van der Waals surface area (Å²) in [6.07, 6.45) is -2.31. The van der Waals surface area contributed by atoms with Crippen LogP contribution in [0.1, 0.15) is 27.9 Å². The minimum atomic E-state index is -4.85. The lowest BCUT2D eigenvalue weighted by molar-refractivity contribution is -0.274. The lowest BCUT2D eigenvalue weighted by Crippen LogP contribution is -2.56. The van der Waals surface area contributed by atoms with Gasteiger partial charge in [0.15, 0.2) is 17.5 Å². The first-order valence-corrected chi connectivity index (χ1v) is 9.89. The number of carbonyl (C=O) groups excluding carboxylic acids is 1. The highest BCUT2D eigenvalue weighted by Crippen LogP contribution is 2.36. The highest BCUT2D eigenvalue weighted by Gasteiger charge is 2.44. The molecule has 9 nitrogen and oxygen atoms in total. The van der Waals surface area contributed by atoms with Gasteiger partial charge in [0.1, 0.15) is 17.5 Å². The average molecular weight is 464 g/mol. The van der Waals surface area contributed by atoms with Gasteiger partial charge in [-0.3, -0.25) is 14.8 Å². The van der Waals surface area contributed by atoms with Crippen LogP contribution in [0.3, 0.4) is 0 Å². The van der Waals surface area contributed by atoms with Crippen molar-refractivity contribution in [1.29, 1.82) is 0 Å². The Morgan fingerprint density at radius 3 is 2.76 bits per heavy atom. The van der Waals surface area contributed by atoms with Crippen molar-refractivity contribution in [3.8, 4) is 17.3 Å². The van der Waals surface area contributed by atoms with E-state index in [4.69, 9.17) is 4.74 Å². The quantitative estimate of drug-likeness (QED) is 0.550. The number of amides is 1. The number of halogens is 4. The Morgan fingerprint density at radius 1 is 1.18 bits per heavy atom. The minimum absolute atomic E-state index is 0.105. The second-order valence-corrected chi connectivity index (χ2v) is 7.59. The highest BCUT2D eigenvalue weighted by molar-refractivity contribution is 5.95. The van der Waals surface area contributed by atoms with Gasteiger partial charge in [0, 0.05) is 25.0 Å². The number of rotatable bonds is 3. The number of aryl methyl sites for hydroxylation is 1. The zero-order valence-corrected chi connectivity index (χ0v) is 17.1. The molecule has 0 spiro atoms. The first-order valence-electron chi connectivity index (χ1n) is 9.89. The first-order chi connectivity index (χ1) is 15.7. The Labute approximate surface area is 184 Å². The predicted molar refractivity (Wildman–Crippen MR) is 102 cm³/mol. The maximum absolute atomic E-state index is 14.6. The normalized spacial score (nSPS) is 19.8. The molecule has 1 fully saturated rings. The molecule has 5 heterocycles. The molecule has 0 aliphatic carbocycles. The average Bonchev–Trinajstić information content (AvgIpc) is 3.17. The fourth-order valence-electron chi connectivity index (χ4n) is 4.10. The molecule has 0 radical (unpaired) electrons. The van der Waals surface area contributed by atoms with E-state index in [1.165, 1.54) is 30.3 Å². The van der Waals surface area contributed by atoms with Gasteiger partial charge in [-0.1, -0.05) is 0 Å². The van der Waals surface area contributed by atoms with Gasteiger partial charge in [-0.2, -0.15) is 0 Å². The standard InChI is InChI=1S/C20H16F4N6O3/c1-10-16(21)13(3-5-25-10)19(31)30-11-7-29-17(27-28-18(29)15(30)9-32-8-11)14-6-12(2-4-26-14)33-20(22,23)24/h2-6,11,15H,7-9H2,1H3/t11-,15-/m1/s1. The molecule has 2 aliphatic heterocycles. The molecule has 1 saturated heterocycles. The van der Waals surface area contributed by atoms with E-state index in [1.54, 1.807) is 4.57 Å². The number of alkyl halides is 3. The molecule has 3 aromatic heterocycles. The minimum Gasteiger partial charge on any atom is -0.406 e. The molecule has 0 unspecified atom stereocenters. The van der Waals surface area contributed by atoms with E-state index in [0.717, 1.165) is 12.1 Å². The molecule has 2 bridgehead atoms. The lowest BCUT2D eigenvalue weighted by atomic mass is 10.0. The molecule has 0 saturated carbocycles. The zero-order valence-electron chi connectivity index (χ0n) is 17.1. The Bertz CT molecular complexity index is 1230. The number of carbonyl (C=O) groups is 1. The van der Waals surface area contributed by atoms with Crippen molar-refractivity contribution in [2.75, 3.05) is 13.2 Å². The number of hydrogen-bond donors (Lipinski definition) is 0. The van der Waals surface area contributed by atoms with Crippen molar-refractivity contribution < 1.29 is 31.8 Å². The summed E-state index contributed by atoms with van der Waals surface area (Å²) in [6, 6.07) is 2.39. The van der Waals surface area contributed by atoms with Crippen molar-refractivity contribution in [3.63, 3.8) is 0 Å². The van der Waals surface area contributed by atoms with Gasteiger partial charge in [0.05, 0.1) is 30.5 Å². The smallest absolute Gasteiger partial charge is 0.406 e. The summed E-state index contributed by atoms with van der Waals surface area (Å²) in [5, 5.41) is 8.25. The molecule has 13 heteroatoms. The first kappa shape index (κ1) is 21.2. The van der Waals surface area contributed by atoms with E-state index in [1.807, 2.05) is 0 Å². The van der Waals surface area contributed by atoms with Crippen LogP contribution in [0.5, 0.6) is 5.75 Å². The van der Waals surface area contributed by atoms with Crippen molar-refractivity contribution >= 4 is 5.91 Å². The van der Waals surface area contributed by atoms with E-state index in [9.17, 15) is 22.4 Å². The molecule has 0 aromatic carbocycles. The molecule has 172 valence electrons. The molecule has 33 heavy (non-hydrogen) atoms. The number of fused-ring (bicyclic) bond motifs is 4. The second-order valence-electron chi connectivity index (χ2n) is 7.59. The SMILES string of the molecule is Cc1nccc(C(=O)N2[C@H]3COC[C@@H]2c2nnc(-c4cc(OC(F)(F)F)ccn4)n2C3)c1F. The third-order valence-corrected chi connectivity index (χ3v) is 5.51. The van der Waals surface area contributed by atoms with Crippen molar-refractivity contribution in [2.24, 2.45) is 0 Å². The van der Waals surface area contributed by atoms with Crippen LogP contribution in [0.4, 0.5) is 17.6 Å². The largest absolute Gasteiger partial charge is 0.573 e. The molecule has 2 aliphatic rings. The Morgan fingerprint density at radius 2 is 1.97 bits per heavy atom.